The first-order valence-electron chi connectivity index (χ1n) is 7.49. The van der Waals surface area contributed by atoms with E-state index in [0.717, 1.165) is 9.56 Å². The van der Waals surface area contributed by atoms with Gasteiger partial charge >= 0.3 is 0 Å². The number of amides is 1. The van der Waals surface area contributed by atoms with Gasteiger partial charge in [-0.3, -0.25) is 9.59 Å². The number of fused-ring (bicyclic) bond motifs is 1. The summed E-state index contributed by atoms with van der Waals surface area (Å²) in [7, 11) is 0. The van der Waals surface area contributed by atoms with E-state index in [9.17, 15) is 9.59 Å². The molecule has 0 fully saturated rings. The fraction of sp³-hybridized carbons (Fsp3) is 0.125. The second-order valence-corrected chi connectivity index (χ2v) is 6.23. The number of thiophene rings is 1. The predicted molar refractivity (Wildman–Crippen MR) is 91.1 cm³/mol. The monoisotopic (exact) mass is 355 g/mol. The molecule has 0 aromatic carbocycles. The highest BCUT2D eigenvalue weighted by Gasteiger charge is 2.12. The number of aromatic nitrogens is 4. The third kappa shape index (κ3) is 3.09. The van der Waals surface area contributed by atoms with Gasteiger partial charge in [-0.15, -0.1) is 11.3 Å². The normalized spacial score (nSPS) is 11.0. The fourth-order valence-corrected chi connectivity index (χ4v) is 3.07. The number of furan rings is 1. The van der Waals surface area contributed by atoms with Gasteiger partial charge in [-0.1, -0.05) is 6.07 Å². The lowest BCUT2D eigenvalue weighted by molar-refractivity contribution is -0.122. The zero-order valence-corrected chi connectivity index (χ0v) is 13.8. The molecule has 0 saturated heterocycles. The molecule has 25 heavy (non-hydrogen) atoms. The van der Waals surface area contributed by atoms with Crippen molar-refractivity contribution in [2.75, 3.05) is 0 Å². The standard InChI is InChI=1S/C16H13N5O3S/c22-15(17-8-11-3-1-5-24-11)9-20-16(23)13-7-12(14-4-2-6-25-14)19-21(13)10-18-20/h1-7,10H,8-9H2,(H,17,22). The maximum absolute atomic E-state index is 12.5. The number of nitrogens with zero attached hydrogens (tertiary/aromatic N) is 4. The smallest absolute Gasteiger partial charge is 0.293 e. The van der Waals surface area contributed by atoms with Gasteiger partial charge in [0.2, 0.25) is 5.91 Å². The molecule has 0 aliphatic rings. The molecule has 0 atom stereocenters. The first-order chi connectivity index (χ1) is 12.2. The second-order valence-electron chi connectivity index (χ2n) is 5.29. The first kappa shape index (κ1) is 15.3. The minimum atomic E-state index is -0.369. The van der Waals surface area contributed by atoms with Gasteiger partial charge in [-0.25, -0.2) is 9.20 Å². The lowest BCUT2D eigenvalue weighted by Gasteiger charge is -2.05. The Kier molecular flexibility index (Phi) is 3.90. The summed E-state index contributed by atoms with van der Waals surface area (Å²) in [4.78, 5) is 25.5. The van der Waals surface area contributed by atoms with Crippen LogP contribution in [0.5, 0.6) is 0 Å². The molecule has 8 nitrogen and oxygen atoms in total. The van der Waals surface area contributed by atoms with Crippen LogP contribution in [0.15, 0.2) is 57.5 Å². The lowest BCUT2D eigenvalue weighted by atomic mass is 10.3. The van der Waals surface area contributed by atoms with Crippen molar-refractivity contribution in [1.29, 1.82) is 0 Å². The largest absolute Gasteiger partial charge is 0.467 e. The van der Waals surface area contributed by atoms with Crippen molar-refractivity contribution >= 4 is 22.8 Å². The highest BCUT2D eigenvalue weighted by molar-refractivity contribution is 7.13. The zero-order valence-electron chi connectivity index (χ0n) is 13.0. The molecular weight excluding hydrogens is 342 g/mol. The molecule has 126 valence electrons. The average molecular weight is 355 g/mol. The third-order valence-corrected chi connectivity index (χ3v) is 4.49. The van der Waals surface area contributed by atoms with Crippen molar-refractivity contribution < 1.29 is 9.21 Å². The van der Waals surface area contributed by atoms with Crippen molar-refractivity contribution in [2.45, 2.75) is 13.1 Å². The van der Waals surface area contributed by atoms with Crippen molar-refractivity contribution in [3.05, 3.63) is 64.4 Å². The van der Waals surface area contributed by atoms with Gasteiger partial charge in [-0.05, 0) is 29.6 Å². The average Bonchev–Trinajstić information content (AvgIpc) is 3.36. The van der Waals surface area contributed by atoms with Crippen molar-refractivity contribution in [3.8, 4) is 10.6 Å². The SMILES string of the molecule is O=C(Cn1ncn2nc(-c3cccs3)cc2c1=O)NCc1ccco1. The van der Waals surface area contributed by atoms with E-state index in [-0.39, 0.29) is 24.6 Å². The molecule has 4 heterocycles. The molecule has 0 unspecified atom stereocenters. The van der Waals surface area contributed by atoms with E-state index in [0.29, 0.717) is 17.0 Å². The van der Waals surface area contributed by atoms with Gasteiger partial charge in [0.1, 0.15) is 29.8 Å². The Hall–Kier alpha value is -3.20. The Bertz CT molecular complexity index is 1060. The summed E-state index contributed by atoms with van der Waals surface area (Å²) in [5.41, 5.74) is 0.706. The van der Waals surface area contributed by atoms with Crippen LogP contribution >= 0.6 is 11.3 Å². The maximum atomic E-state index is 12.5. The van der Waals surface area contributed by atoms with Gasteiger partial charge in [0.15, 0.2) is 0 Å². The van der Waals surface area contributed by atoms with E-state index >= 15 is 0 Å². The number of nitrogens with one attached hydrogen (secondary N) is 1. The quantitative estimate of drug-likeness (QED) is 0.586. The van der Waals surface area contributed by atoms with E-state index in [4.69, 9.17) is 4.42 Å². The topological polar surface area (TPSA) is 94.4 Å². The summed E-state index contributed by atoms with van der Waals surface area (Å²) in [6, 6.07) is 9.05. The Balaban J connectivity index is 1.54. The Morgan fingerprint density at radius 3 is 3.00 bits per heavy atom. The van der Waals surface area contributed by atoms with Crippen LogP contribution in [-0.2, 0) is 17.9 Å². The van der Waals surface area contributed by atoms with E-state index < -0.39 is 0 Å². The Morgan fingerprint density at radius 2 is 2.24 bits per heavy atom. The Morgan fingerprint density at radius 1 is 1.32 bits per heavy atom. The van der Waals surface area contributed by atoms with E-state index in [1.807, 2.05) is 17.5 Å². The van der Waals surface area contributed by atoms with Gasteiger partial charge in [0, 0.05) is 0 Å². The fourth-order valence-electron chi connectivity index (χ4n) is 2.39. The van der Waals surface area contributed by atoms with Crippen LogP contribution in [0.4, 0.5) is 0 Å². The number of carbonyl (C=O) groups excluding carboxylic acids is 1. The van der Waals surface area contributed by atoms with Gasteiger partial charge < -0.3 is 9.73 Å². The molecule has 0 saturated carbocycles. The third-order valence-electron chi connectivity index (χ3n) is 3.60. The molecule has 0 aliphatic heterocycles. The molecule has 1 N–H and O–H groups in total. The molecule has 0 aliphatic carbocycles. The molecule has 0 radical (unpaired) electrons. The number of rotatable bonds is 5. The van der Waals surface area contributed by atoms with E-state index in [1.54, 1.807) is 18.2 Å². The number of hydrogen-bond donors (Lipinski definition) is 1. The van der Waals surface area contributed by atoms with Crippen molar-refractivity contribution in [2.24, 2.45) is 0 Å². The summed E-state index contributed by atoms with van der Waals surface area (Å²) in [6.07, 6.45) is 2.96. The van der Waals surface area contributed by atoms with Gasteiger partial charge in [-0.2, -0.15) is 10.2 Å². The molecule has 4 rings (SSSR count). The summed E-state index contributed by atoms with van der Waals surface area (Å²) in [6.45, 7) is 0.0909. The van der Waals surface area contributed by atoms with Crippen LogP contribution in [0.3, 0.4) is 0 Å². The van der Waals surface area contributed by atoms with Crippen molar-refractivity contribution in [3.63, 3.8) is 0 Å². The van der Waals surface area contributed by atoms with Crippen LogP contribution in [0.25, 0.3) is 16.1 Å². The first-order valence-corrected chi connectivity index (χ1v) is 8.37. The summed E-state index contributed by atoms with van der Waals surface area (Å²) in [5.74, 6) is 0.314. The minimum absolute atomic E-state index is 0.171. The summed E-state index contributed by atoms with van der Waals surface area (Å²) in [5, 5.41) is 13.0. The van der Waals surface area contributed by atoms with Crippen molar-refractivity contribution in [1.82, 2.24) is 24.7 Å². The van der Waals surface area contributed by atoms with Crippen LogP contribution in [-0.4, -0.2) is 25.3 Å². The Labute approximate surface area is 145 Å². The lowest BCUT2D eigenvalue weighted by Crippen LogP contribution is -2.33. The number of carbonyl (C=O) groups is 1. The molecule has 4 aromatic heterocycles. The van der Waals surface area contributed by atoms with Gasteiger partial charge in [0.05, 0.1) is 17.7 Å². The molecule has 1 amide bonds. The van der Waals surface area contributed by atoms with E-state index in [1.165, 1.54) is 28.4 Å². The minimum Gasteiger partial charge on any atom is -0.467 e. The predicted octanol–water partition coefficient (Wildman–Crippen LogP) is 1.53. The van der Waals surface area contributed by atoms with Crippen LogP contribution in [0, 0.1) is 0 Å². The van der Waals surface area contributed by atoms with Crippen LogP contribution < -0.4 is 10.9 Å². The number of hydrogen-bond acceptors (Lipinski definition) is 6. The maximum Gasteiger partial charge on any atom is 0.293 e. The molecular formula is C16H13N5O3S. The summed E-state index contributed by atoms with van der Waals surface area (Å²) < 4.78 is 7.69. The van der Waals surface area contributed by atoms with E-state index in [2.05, 4.69) is 15.5 Å². The van der Waals surface area contributed by atoms with Crippen LogP contribution in [0.1, 0.15) is 5.76 Å². The van der Waals surface area contributed by atoms with Crippen LogP contribution in [0.2, 0.25) is 0 Å². The second kappa shape index (κ2) is 6.36. The molecule has 0 spiro atoms. The summed E-state index contributed by atoms with van der Waals surface area (Å²) >= 11 is 1.54. The van der Waals surface area contributed by atoms with Gasteiger partial charge in [0.25, 0.3) is 5.56 Å². The molecule has 9 heteroatoms. The molecule has 0 bridgehead atoms. The molecule has 4 aromatic rings. The zero-order chi connectivity index (χ0) is 17.2. The highest BCUT2D eigenvalue weighted by Crippen LogP contribution is 2.23. The highest BCUT2D eigenvalue weighted by atomic mass is 32.1.